The Bertz CT molecular complexity index is 572. The van der Waals surface area contributed by atoms with Crippen LogP contribution >= 0.6 is 0 Å². The smallest absolute Gasteiger partial charge is 0.303 e. The molecule has 0 aliphatic carbocycles. The highest BCUT2D eigenvalue weighted by molar-refractivity contribution is 5.88. The Labute approximate surface area is 106 Å². The standard InChI is InChI=1S/C14H17NO3/c1-9-8-11-12(15-9)7-6-10(14(11)18-2)4-3-5-13(16)17/h6-8,15H,3-5H2,1-2H3,(H,16,17). The van der Waals surface area contributed by atoms with Crippen LogP contribution in [0.4, 0.5) is 0 Å². The van der Waals surface area contributed by atoms with Gasteiger partial charge >= 0.3 is 5.97 Å². The van der Waals surface area contributed by atoms with E-state index in [2.05, 4.69) is 11.1 Å². The van der Waals surface area contributed by atoms with Crippen molar-refractivity contribution < 1.29 is 14.6 Å². The normalized spacial score (nSPS) is 10.8. The number of aryl methyl sites for hydroxylation is 2. The van der Waals surface area contributed by atoms with Crippen LogP contribution in [0.3, 0.4) is 0 Å². The van der Waals surface area contributed by atoms with Crippen molar-refractivity contribution in [2.24, 2.45) is 0 Å². The summed E-state index contributed by atoms with van der Waals surface area (Å²) in [5, 5.41) is 9.72. The third-order valence-corrected chi connectivity index (χ3v) is 3.01. The second-order valence-electron chi connectivity index (χ2n) is 4.42. The Kier molecular flexibility index (Phi) is 3.55. The van der Waals surface area contributed by atoms with Gasteiger partial charge in [0.1, 0.15) is 5.75 Å². The number of benzene rings is 1. The van der Waals surface area contributed by atoms with Crippen LogP contribution in [0.5, 0.6) is 5.75 Å². The van der Waals surface area contributed by atoms with Crippen LogP contribution in [0.1, 0.15) is 24.1 Å². The van der Waals surface area contributed by atoms with Crippen LogP contribution in [0.15, 0.2) is 18.2 Å². The molecular formula is C14H17NO3. The number of aromatic amines is 1. The van der Waals surface area contributed by atoms with Crippen molar-refractivity contribution in [3.8, 4) is 5.75 Å². The first-order valence-corrected chi connectivity index (χ1v) is 5.99. The van der Waals surface area contributed by atoms with Crippen LogP contribution in [-0.4, -0.2) is 23.2 Å². The van der Waals surface area contributed by atoms with E-state index in [1.54, 1.807) is 7.11 Å². The molecule has 4 nitrogen and oxygen atoms in total. The summed E-state index contributed by atoms with van der Waals surface area (Å²) in [6.45, 7) is 2.00. The summed E-state index contributed by atoms with van der Waals surface area (Å²) in [5.74, 6) is 0.0924. The number of methoxy groups -OCH3 is 1. The number of carboxylic acid groups (broad SMARTS) is 1. The summed E-state index contributed by atoms with van der Waals surface area (Å²) in [4.78, 5) is 13.8. The van der Waals surface area contributed by atoms with Gasteiger partial charge in [0, 0.05) is 23.0 Å². The molecule has 96 valence electrons. The van der Waals surface area contributed by atoms with Crippen LogP contribution in [0.25, 0.3) is 10.9 Å². The monoisotopic (exact) mass is 247 g/mol. The van der Waals surface area contributed by atoms with Gasteiger partial charge in [-0.1, -0.05) is 6.07 Å². The summed E-state index contributed by atoms with van der Waals surface area (Å²) >= 11 is 0. The maximum absolute atomic E-state index is 10.5. The summed E-state index contributed by atoms with van der Waals surface area (Å²) < 4.78 is 5.46. The molecule has 0 saturated carbocycles. The lowest BCUT2D eigenvalue weighted by Crippen LogP contribution is -1.98. The van der Waals surface area contributed by atoms with E-state index in [1.807, 2.05) is 19.1 Å². The molecule has 4 heteroatoms. The molecule has 0 saturated heterocycles. The fourth-order valence-corrected chi connectivity index (χ4v) is 2.23. The molecule has 1 aromatic carbocycles. The first-order valence-electron chi connectivity index (χ1n) is 5.99. The van der Waals surface area contributed by atoms with Gasteiger partial charge in [0.2, 0.25) is 0 Å². The van der Waals surface area contributed by atoms with E-state index >= 15 is 0 Å². The summed E-state index contributed by atoms with van der Waals surface area (Å²) in [5.41, 5.74) is 3.20. The number of rotatable bonds is 5. The molecule has 0 amide bonds. The highest BCUT2D eigenvalue weighted by Crippen LogP contribution is 2.31. The number of H-pyrrole nitrogens is 1. The lowest BCUT2D eigenvalue weighted by atomic mass is 10.0. The Balaban J connectivity index is 2.29. The van der Waals surface area contributed by atoms with E-state index in [1.165, 1.54) is 0 Å². The minimum Gasteiger partial charge on any atom is -0.496 e. The van der Waals surface area contributed by atoms with Crippen molar-refractivity contribution in [1.82, 2.24) is 4.98 Å². The number of fused-ring (bicyclic) bond motifs is 1. The third kappa shape index (κ3) is 2.47. The van der Waals surface area contributed by atoms with E-state index in [-0.39, 0.29) is 6.42 Å². The Morgan fingerprint density at radius 2 is 2.22 bits per heavy atom. The highest BCUT2D eigenvalue weighted by Gasteiger charge is 2.10. The zero-order chi connectivity index (χ0) is 13.1. The highest BCUT2D eigenvalue weighted by atomic mass is 16.5. The van der Waals surface area contributed by atoms with Crippen LogP contribution in [0.2, 0.25) is 0 Å². The number of hydrogen-bond acceptors (Lipinski definition) is 2. The van der Waals surface area contributed by atoms with Gasteiger partial charge in [-0.3, -0.25) is 4.79 Å². The first-order chi connectivity index (χ1) is 8.61. The minimum absolute atomic E-state index is 0.188. The molecular weight excluding hydrogens is 230 g/mol. The molecule has 2 rings (SSSR count). The summed E-state index contributed by atoms with van der Waals surface area (Å²) in [6.07, 6.45) is 1.53. The predicted molar refractivity (Wildman–Crippen MR) is 70.2 cm³/mol. The quantitative estimate of drug-likeness (QED) is 0.854. The largest absolute Gasteiger partial charge is 0.496 e. The average Bonchev–Trinajstić information content (AvgIpc) is 2.68. The zero-order valence-corrected chi connectivity index (χ0v) is 10.6. The zero-order valence-electron chi connectivity index (χ0n) is 10.6. The van der Waals surface area contributed by atoms with E-state index < -0.39 is 5.97 Å². The van der Waals surface area contributed by atoms with E-state index in [0.29, 0.717) is 6.42 Å². The van der Waals surface area contributed by atoms with Crippen molar-refractivity contribution in [2.75, 3.05) is 7.11 Å². The van der Waals surface area contributed by atoms with E-state index in [9.17, 15) is 4.79 Å². The molecule has 18 heavy (non-hydrogen) atoms. The second-order valence-corrected chi connectivity index (χ2v) is 4.42. The van der Waals surface area contributed by atoms with E-state index in [0.717, 1.165) is 34.3 Å². The van der Waals surface area contributed by atoms with Crippen LogP contribution in [0, 0.1) is 6.92 Å². The average molecular weight is 247 g/mol. The topological polar surface area (TPSA) is 62.3 Å². The molecule has 0 spiro atoms. The van der Waals surface area contributed by atoms with Crippen LogP contribution < -0.4 is 4.74 Å². The number of aliphatic carboxylic acids is 1. The fourth-order valence-electron chi connectivity index (χ4n) is 2.23. The van der Waals surface area contributed by atoms with Crippen molar-refractivity contribution in [3.63, 3.8) is 0 Å². The Morgan fingerprint density at radius 1 is 1.44 bits per heavy atom. The number of ether oxygens (including phenoxy) is 1. The predicted octanol–water partition coefficient (Wildman–Crippen LogP) is 2.89. The second kappa shape index (κ2) is 5.12. The van der Waals surface area contributed by atoms with Gasteiger partial charge in [0.05, 0.1) is 7.11 Å². The number of carboxylic acids is 1. The molecule has 0 bridgehead atoms. The van der Waals surface area contributed by atoms with Crippen LogP contribution in [-0.2, 0) is 11.2 Å². The fraction of sp³-hybridized carbons (Fsp3) is 0.357. The SMILES string of the molecule is COc1c(CCCC(=O)O)ccc2[nH]c(C)cc12. The summed E-state index contributed by atoms with van der Waals surface area (Å²) in [6, 6.07) is 6.06. The van der Waals surface area contributed by atoms with Gasteiger partial charge in [-0.2, -0.15) is 0 Å². The lowest BCUT2D eigenvalue weighted by molar-refractivity contribution is -0.137. The maximum Gasteiger partial charge on any atom is 0.303 e. The van der Waals surface area contributed by atoms with Crippen molar-refractivity contribution in [2.45, 2.75) is 26.2 Å². The molecule has 0 fully saturated rings. The molecule has 2 N–H and O–H groups in total. The molecule has 0 radical (unpaired) electrons. The molecule has 0 atom stereocenters. The van der Waals surface area contributed by atoms with Gasteiger partial charge in [-0.15, -0.1) is 0 Å². The molecule has 0 aliphatic rings. The Hall–Kier alpha value is -1.97. The third-order valence-electron chi connectivity index (χ3n) is 3.01. The maximum atomic E-state index is 10.5. The molecule has 0 aliphatic heterocycles. The van der Waals surface area contributed by atoms with Gasteiger partial charge in [0.15, 0.2) is 0 Å². The van der Waals surface area contributed by atoms with E-state index in [4.69, 9.17) is 9.84 Å². The Morgan fingerprint density at radius 3 is 2.89 bits per heavy atom. The van der Waals surface area contributed by atoms with Crippen molar-refractivity contribution in [1.29, 1.82) is 0 Å². The lowest BCUT2D eigenvalue weighted by Gasteiger charge is -2.09. The van der Waals surface area contributed by atoms with Crippen molar-refractivity contribution in [3.05, 3.63) is 29.5 Å². The molecule has 0 unspecified atom stereocenters. The van der Waals surface area contributed by atoms with Gasteiger partial charge in [0.25, 0.3) is 0 Å². The molecule has 1 aromatic heterocycles. The number of carbonyl (C=O) groups is 1. The minimum atomic E-state index is -0.757. The van der Waals surface area contributed by atoms with Gasteiger partial charge in [-0.25, -0.2) is 0 Å². The first kappa shape index (κ1) is 12.5. The summed E-state index contributed by atoms with van der Waals surface area (Å²) in [7, 11) is 1.65. The molecule has 2 aromatic rings. The molecule has 1 heterocycles. The number of hydrogen-bond donors (Lipinski definition) is 2. The number of aromatic nitrogens is 1. The van der Waals surface area contributed by atoms with Gasteiger partial charge < -0.3 is 14.8 Å². The van der Waals surface area contributed by atoms with Crippen molar-refractivity contribution >= 4 is 16.9 Å². The van der Waals surface area contributed by atoms with Gasteiger partial charge in [-0.05, 0) is 37.5 Å². The number of nitrogens with one attached hydrogen (secondary N) is 1.